The third-order valence-corrected chi connectivity index (χ3v) is 4.49. The van der Waals surface area contributed by atoms with Gasteiger partial charge in [-0.25, -0.2) is 5.43 Å². The standard InChI is InChI=1S/C11H14BrClN4S/c1-2-5-17-11(7(12)6-15-17)10(16-14)8-3-4-9(13)18-8/h3-4,6,10,16H,2,5,14H2,1H3. The van der Waals surface area contributed by atoms with Crippen molar-refractivity contribution in [3.8, 4) is 0 Å². The fourth-order valence-electron chi connectivity index (χ4n) is 1.83. The van der Waals surface area contributed by atoms with E-state index in [-0.39, 0.29) is 6.04 Å². The van der Waals surface area contributed by atoms with Crippen molar-refractivity contribution in [2.45, 2.75) is 25.9 Å². The third kappa shape index (κ3) is 2.78. The lowest BCUT2D eigenvalue weighted by atomic mass is 10.2. The molecule has 0 aliphatic rings. The highest BCUT2D eigenvalue weighted by molar-refractivity contribution is 9.10. The first-order valence-electron chi connectivity index (χ1n) is 5.60. The van der Waals surface area contributed by atoms with Crippen LogP contribution in [0.3, 0.4) is 0 Å². The molecule has 3 N–H and O–H groups in total. The maximum Gasteiger partial charge on any atom is 0.0982 e. The van der Waals surface area contributed by atoms with Gasteiger partial charge in [0.2, 0.25) is 0 Å². The lowest BCUT2D eigenvalue weighted by Crippen LogP contribution is -2.30. The third-order valence-electron chi connectivity index (χ3n) is 2.59. The highest BCUT2D eigenvalue weighted by atomic mass is 79.9. The first-order chi connectivity index (χ1) is 8.67. The molecular weight excluding hydrogens is 336 g/mol. The van der Waals surface area contributed by atoms with Gasteiger partial charge in [0.15, 0.2) is 0 Å². The van der Waals surface area contributed by atoms with Crippen molar-refractivity contribution in [3.05, 3.63) is 37.7 Å². The molecule has 0 fully saturated rings. The zero-order valence-corrected chi connectivity index (χ0v) is 13.0. The van der Waals surface area contributed by atoms with E-state index in [1.807, 2.05) is 16.8 Å². The van der Waals surface area contributed by atoms with E-state index < -0.39 is 0 Å². The number of halogens is 2. The molecule has 2 heterocycles. The van der Waals surface area contributed by atoms with Crippen LogP contribution in [0.15, 0.2) is 22.8 Å². The van der Waals surface area contributed by atoms with Gasteiger partial charge in [0.05, 0.1) is 26.7 Å². The smallest absolute Gasteiger partial charge is 0.0982 e. The average molecular weight is 350 g/mol. The summed E-state index contributed by atoms with van der Waals surface area (Å²) >= 11 is 11.0. The fourth-order valence-corrected chi connectivity index (χ4v) is 3.48. The zero-order valence-electron chi connectivity index (χ0n) is 9.86. The van der Waals surface area contributed by atoms with E-state index >= 15 is 0 Å². The van der Waals surface area contributed by atoms with Crippen molar-refractivity contribution in [1.82, 2.24) is 15.2 Å². The van der Waals surface area contributed by atoms with Crippen LogP contribution in [0.2, 0.25) is 4.34 Å². The number of aryl methyl sites for hydroxylation is 1. The van der Waals surface area contributed by atoms with Crippen molar-refractivity contribution in [1.29, 1.82) is 0 Å². The number of nitrogens with two attached hydrogens (primary N) is 1. The molecule has 0 aliphatic heterocycles. The van der Waals surface area contributed by atoms with Crippen molar-refractivity contribution >= 4 is 38.9 Å². The first kappa shape index (κ1) is 14.0. The van der Waals surface area contributed by atoms with Gasteiger partial charge in [0.25, 0.3) is 0 Å². The van der Waals surface area contributed by atoms with E-state index in [0.717, 1.165) is 32.3 Å². The van der Waals surface area contributed by atoms with Gasteiger partial charge in [-0.3, -0.25) is 10.5 Å². The minimum Gasteiger partial charge on any atom is -0.270 e. The molecule has 2 aromatic heterocycles. The van der Waals surface area contributed by atoms with Gasteiger partial charge in [0.1, 0.15) is 0 Å². The summed E-state index contributed by atoms with van der Waals surface area (Å²) in [5.74, 6) is 5.69. The Bertz CT molecular complexity index is 525. The first-order valence-corrected chi connectivity index (χ1v) is 7.58. The van der Waals surface area contributed by atoms with E-state index in [1.165, 1.54) is 11.3 Å². The summed E-state index contributed by atoms with van der Waals surface area (Å²) in [6, 6.07) is 3.75. The molecule has 4 nitrogen and oxygen atoms in total. The number of hydrogen-bond donors (Lipinski definition) is 2. The van der Waals surface area contributed by atoms with E-state index in [4.69, 9.17) is 17.4 Å². The SMILES string of the molecule is CCCn1ncc(Br)c1C(NN)c1ccc(Cl)s1. The quantitative estimate of drug-likeness (QED) is 0.643. The molecule has 18 heavy (non-hydrogen) atoms. The molecule has 0 bridgehead atoms. The van der Waals surface area contributed by atoms with Gasteiger partial charge in [0, 0.05) is 11.4 Å². The minimum absolute atomic E-state index is 0.106. The molecule has 0 aliphatic carbocycles. The predicted octanol–water partition coefficient (Wildman–Crippen LogP) is 3.32. The molecule has 7 heteroatoms. The molecule has 0 saturated heterocycles. The van der Waals surface area contributed by atoms with E-state index in [2.05, 4.69) is 33.4 Å². The lowest BCUT2D eigenvalue weighted by molar-refractivity contribution is 0.523. The largest absolute Gasteiger partial charge is 0.270 e. The maximum absolute atomic E-state index is 5.98. The average Bonchev–Trinajstić information content (AvgIpc) is 2.91. The maximum atomic E-state index is 5.98. The second-order valence-corrected chi connectivity index (χ2v) is 6.44. The number of hydrogen-bond acceptors (Lipinski definition) is 4. The number of hydrazine groups is 1. The van der Waals surface area contributed by atoms with Gasteiger partial charge in [-0.1, -0.05) is 18.5 Å². The number of thiophene rings is 1. The monoisotopic (exact) mass is 348 g/mol. The van der Waals surface area contributed by atoms with E-state index in [0.29, 0.717) is 0 Å². The number of nitrogens with one attached hydrogen (secondary N) is 1. The summed E-state index contributed by atoms with van der Waals surface area (Å²) < 4.78 is 3.66. The van der Waals surface area contributed by atoms with Crippen LogP contribution in [0.25, 0.3) is 0 Å². The highest BCUT2D eigenvalue weighted by Crippen LogP contribution is 2.33. The van der Waals surface area contributed by atoms with Crippen molar-refractivity contribution < 1.29 is 0 Å². The Balaban J connectivity index is 2.41. The Morgan fingerprint density at radius 1 is 1.61 bits per heavy atom. The van der Waals surface area contributed by atoms with Crippen molar-refractivity contribution in [2.75, 3.05) is 0 Å². The highest BCUT2D eigenvalue weighted by Gasteiger charge is 2.22. The molecule has 1 unspecified atom stereocenters. The Hall–Kier alpha value is -0.400. The van der Waals surface area contributed by atoms with E-state index in [1.54, 1.807) is 6.20 Å². The summed E-state index contributed by atoms with van der Waals surface area (Å²) in [7, 11) is 0. The van der Waals surface area contributed by atoms with Crippen LogP contribution in [0.4, 0.5) is 0 Å². The van der Waals surface area contributed by atoms with Crippen LogP contribution in [-0.4, -0.2) is 9.78 Å². The molecule has 98 valence electrons. The minimum atomic E-state index is -0.106. The van der Waals surface area contributed by atoms with Crippen LogP contribution in [-0.2, 0) is 6.54 Å². The zero-order chi connectivity index (χ0) is 13.1. The molecule has 2 rings (SSSR count). The topological polar surface area (TPSA) is 55.9 Å². The van der Waals surface area contributed by atoms with Crippen LogP contribution in [0.1, 0.15) is 30.0 Å². The molecule has 0 aromatic carbocycles. The molecular formula is C11H14BrClN4S. The molecule has 0 spiro atoms. The lowest BCUT2D eigenvalue weighted by Gasteiger charge is -2.17. The van der Waals surface area contributed by atoms with Gasteiger partial charge >= 0.3 is 0 Å². The van der Waals surface area contributed by atoms with Crippen molar-refractivity contribution in [3.63, 3.8) is 0 Å². The van der Waals surface area contributed by atoms with Crippen molar-refractivity contribution in [2.24, 2.45) is 5.84 Å². The van der Waals surface area contributed by atoms with Gasteiger partial charge < -0.3 is 0 Å². The van der Waals surface area contributed by atoms with Crippen LogP contribution in [0.5, 0.6) is 0 Å². The normalized spacial score (nSPS) is 12.9. The Morgan fingerprint density at radius 3 is 2.94 bits per heavy atom. The summed E-state index contributed by atoms with van der Waals surface area (Å²) in [4.78, 5) is 1.07. The van der Waals surface area contributed by atoms with Crippen LogP contribution >= 0.6 is 38.9 Å². The summed E-state index contributed by atoms with van der Waals surface area (Å²) in [6.45, 7) is 2.98. The van der Waals surface area contributed by atoms with E-state index in [9.17, 15) is 0 Å². The Labute approximate surface area is 123 Å². The Kier molecular flexibility index (Phi) is 4.80. The Morgan fingerprint density at radius 2 is 2.39 bits per heavy atom. The van der Waals surface area contributed by atoms with Crippen LogP contribution in [0, 0.1) is 0 Å². The molecule has 1 atom stereocenters. The van der Waals surface area contributed by atoms with Gasteiger partial charge in [-0.05, 0) is 34.5 Å². The molecule has 0 saturated carbocycles. The molecule has 2 aromatic rings. The number of aromatic nitrogens is 2. The summed E-state index contributed by atoms with van der Waals surface area (Å²) in [5.41, 5.74) is 3.86. The van der Waals surface area contributed by atoms with Gasteiger partial charge in [-0.2, -0.15) is 5.10 Å². The number of nitrogens with zero attached hydrogens (tertiary/aromatic N) is 2. The molecule has 0 radical (unpaired) electrons. The van der Waals surface area contributed by atoms with Gasteiger partial charge in [-0.15, -0.1) is 11.3 Å². The summed E-state index contributed by atoms with van der Waals surface area (Å²) in [5, 5.41) is 4.35. The summed E-state index contributed by atoms with van der Waals surface area (Å²) in [6.07, 6.45) is 2.81. The molecule has 0 amide bonds. The second kappa shape index (κ2) is 6.16. The second-order valence-electron chi connectivity index (χ2n) is 3.84. The fraction of sp³-hybridized carbons (Fsp3) is 0.364. The number of rotatable bonds is 5. The predicted molar refractivity (Wildman–Crippen MR) is 78.7 cm³/mol. The van der Waals surface area contributed by atoms with Crippen LogP contribution < -0.4 is 11.3 Å².